The van der Waals surface area contributed by atoms with Gasteiger partial charge in [0.2, 0.25) is 5.91 Å². The first-order chi connectivity index (χ1) is 12.8. The van der Waals surface area contributed by atoms with Crippen molar-refractivity contribution in [3.05, 3.63) is 59.9 Å². The van der Waals surface area contributed by atoms with Crippen LogP contribution in [0.4, 0.5) is 10.1 Å². The lowest BCUT2D eigenvalue weighted by Gasteiger charge is -2.20. The second-order valence-electron chi connectivity index (χ2n) is 5.96. The first-order valence-corrected chi connectivity index (χ1v) is 8.10. The highest BCUT2D eigenvalue weighted by molar-refractivity contribution is 6.38. The number of hydrogen-bond acceptors (Lipinski definition) is 6. The minimum absolute atomic E-state index is 0.0127. The van der Waals surface area contributed by atoms with Crippen LogP contribution in [0.15, 0.2) is 53.6 Å². The summed E-state index contributed by atoms with van der Waals surface area (Å²) in [7, 11) is 0. The molecule has 27 heavy (non-hydrogen) atoms. The number of amides is 1. The van der Waals surface area contributed by atoms with Crippen LogP contribution in [0.1, 0.15) is 23.7 Å². The summed E-state index contributed by atoms with van der Waals surface area (Å²) in [6, 6.07) is 10.5. The van der Waals surface area contributed by atoms with Crippen LogP contribution in [0.5, 0.6) is 5.75 Å². The predicted molar refractivity (Wildman–Crippen MR) is 96.0 cm³/mol. The van der Waals surface area contributed by atoms with Gasteiger partial charge < -0.3 is 10.5 Å². The van der Waals surface area contributed by atoms with Crippen molar-refractivity contribution in [1.29, 1.82) is 0 Å². The van der Waals surface area contributed by atoms with E-state index in [9.17, 15) is 18.8 Å². The van der Waals surface area contributed by atoms with Crippen LogP contribution in [0.3, 0.4) is 0 Å². The molecule has 1 aliphatic heterocycles. The third kappa shape index (κ3) is 4.00. The highest BCUT2D eigenvalue weighted by Gasteiger charge is 2.35. The molecule has 0 saturated carbocycles. The number of primary amides is 1. The molecule has 0 aliphatic carbocycles. The van der Waals surface area contributed by atoms with Crippen molar-refractivity contribution < 1.29 is 23.5 Å². The zero-order valence-corrected chi connectivity index (χ0v) is 14.4. The Balaban J connectivity index is 1.79. The van der Waals surface area contributed by atoms with Gasteiger partial charge in [0.15, 0.2) is 5.78 Å². The van der Waals surface area contributed by atoms with Crippen LogP contribution in [-0.4, -0.2) is 29.4 Å². The summed E-state index contributed by atoms with van der Waals surface area (Å²) in [5.74, 6) is -1.71. The smallest absolute Gasteiger partial charge is 0.359 e. The molecule has 7 nitrogen and oxygen atoms in total. The number of esters is 1. The number of rotatable bonds is 5. The van der Waals surface area contributed by atoms with E-state index < -0.39 is 23.7 Å². The summed E-state index contributed by atoms with van der Waals surface area (Å²) >= 11 is 0. The van der Waals surface area contributed by atoms with Crippen molar-refractivity contribution in [2.45, 2.75) is 19.4 Å². The van der Waals surface area contributed by atoms with E-state index in [2.05, 4.69) is 5.10 Å². The molecule has 1 amide bonds. The molecule has 0 spiro atoms. The molecule has 0 radical (unpaired) electrons. The van der Waals surface area contributed by atoms with Crippen molar-refractivity contribution in [3.63, 3.8) is 0 Å². The van der Waals surface area contributed by atoms with Gasteiger partial charge in [-0.1, -0.05) is 0 Å². The number of hydrazone groups is 1. The predicted octanol–water partition coefficient (Wildman–Crippen LogP) is 2.05. The Bertz CT molecular complexity index is 923. The van der Waals surface area contributed by atoms with E-state index in [1.54, 1.807) is 12.1 Å². The number of nitrogens with zero attached hydrogens (tertiary/aromatic N) is 2. The molecule has 2 N–H and O–H groups in total. The number of Topliss-reactive ketones (excluding diaryl/α,β-unsaturated/α-hetero) is 1. The van der Waals surface area contributed by atoms with Crippen LogP contribution < -0.4 is 15.5 Å². The number of ketones is 1. The lowest BCUT2D eigenvalue weighted by molar-refractivity contribution is -0.127. The van der Waals surface area contributed by atoms with Gasteiger partial charge in [-0.25, -0.2) is 9.18 Å². The molecular formula is C19H16FN3O4. The van der Waals surface area contributed by atoms with Crippen molar-refractivity contribution >= 4 is 29.1 Å². The Morgan fingerprint density at radius 2 is 1.74 bits per heavy atom. The van der Waals surface area contributed by atoms with Crippen molar-refractivity contribution in [1.82, 2.24) is 0 Å². The zero-order valence-electron chi connectivity index (χ0n) is 14.4. The topological polar surface area (TPSA) is 102 Å². The Morgan fingerprint density at radius 3 is 2.30 bits per heavy atom. The van der Waals surface area contributed by atoms with Crippen LogP contribution in [-0.2, 0) is 9.59 Å². The molecule has 138 valence electrons. The molecular weight excluding hydrogens is 353 g/mol. The number of ether oxygens (including phenoxy) is 1. The van der Waals surface area contributed by atoms with Gasteiger partial charge in [-0.15, -0.1) is 0 Å². The molecule has 0 saturated heterocycles. The van der Waals surface area contributed by atoms with E-state index in [0.29, 0.717) is 11.3 Å². The largest absolute Gasteiger partial charge is 0.422 e. The Labute approximate surface area is 154 Å². The molecule has 1 heterocycles. The quantitative estimate of drug-likeness (QED) is 0.494. The van der Waals surface area contributed by atoms with Crippen LogP contribution in [0, 0.1) is 5.82 Å². The van der Waals surface area contributed by atoms with Gasteiger partial charge in [0, 0.05) is 12.0 Å². The Morgan fingerprint density at radius 1 is 1.11 bits per heavy atom. The van der Waals surface area contributed by atoms with Gasteiger partial charge in [-0.2, -0.15) is 5.10 Å². The van der Waals surface area contributed by atoms with Gasteiger partial charge in [0.1, 0.15) is 23.3 Å². The number of nitrogens with two attached hydrogens (primary N) is 1. The first-order valence-electron chi connectivity index (χ1n) is 8.10. The number of halogens is 1. The summed E-state index contributed by atoms with van der Waals surface area (Å²) in [5.41, 5.74) is 6.33. The highest BCUT2D eigenvalue weighted by atomic mass is 19.1. The van der Waals surface area contributed by atoms with Crippen molar-refractivity contribution in [2.24, 2.45) is 10.8 Å². The summed E-state index contributed by atoms with van der Waals surface area (Å²) in [6.07, 6.45) is -0.0307. The fraction of sp³-hybridized carbons (Fsp3) is 0.158. The molecule has 2 aromatic rings. The fourth-order valence-corrected chi connectivity index (χ4v) is 2.61. The second-order valence-corrected chi connectivity index (χ2v) is 5.96. The summed E-state index contributed by atoms with van der Waals surface area (Å²) in [4.78, 5) is 35.4. The number of hydrogen-bond donors (Lipinski definition) is 1. The zero-order chi connectivity index (χ0) is 19.6. The monoisotopic (exact) mass is 369 g/mol. The maximum absolute atomic E-state index is 13.1. The lowest BCUT2D eigenvalue weighted by atomic mass is 10.1. The minimum atomic E-state index is -0.877. The van der Waals surface area contributed by atoms with Crippen molar-refractivity contribution in [3.8, 4) is 5.75 Å². The molecule has 0 aromatic heterocycles. The lowest BCUT2D eigenvalue weighted by Crippen LogP contribution is -2.39. The maximum Gasteiger partial charge on any atom is 0.359 e. The third-order valence-electron chi connectivity index (χ3n) is 4.04. The number of anilines is 1. The summed E-state index contributed by atoms with van der Waals surface area (Å²) in [6.45, 7) is 1.43. The highest BCUT2D eigenvalue weighted by Crippen LogP contribution is 2.25. The van der Waals surface area contributed by atoms with Gasteiger partial charge >= 0.3 is 5.97 Å². The number of benzene rings is 2. The third-order valence-corrected chi connectivity index (χ3v) is 4.04. The van der Waals surface area contributed by atoms with E-state index in [4.69, 9.17) is 10.5 Å². The molecule has 2 aromatic carbocycles. The molecule has 1 unspecified atom stereocenters. The normalized spacial score (nSPS) is 16.0. The summed E-state index contributed by atoms with van der Waals surface area (Å²) in [5, 5.41) is 5.41. The second kappa shape index (κ2) is 7.36. The first kappa shape index (κ1) is 18.2. The fourth-order valence-electron chi connectivity index (χ4n) is 2.61. The molecule has 1 aliphatic rings. The Hall–Kier alpha value is -3.55. The van der Waals surface area contributed by atoms with E-state index in [0.717, 1.165) is 0 Å². The van der Waals surface area contributed by atoms with Crippen LogP contribution in [0.2, 0.25) is 0 Å². The number of carbonyl (C=O) groups excluding carboxylic acids is 3. The van der Waals surface area contributed by atoms with Gasteiger partial charge in [0.05, 0.1) is 5.69 Å². The summed E-state index contributed by atoms with van der Waals surface area (Å²) < 4.78 is 18.4. The molecule has 0 bridgehead atoms. The van der Waals surface area contributed by atoms with E-state index in [1.807, 2.05) is 0 Å². The average molecular weight is 369 g/mol. The molecule has 3 rings (SSSR count). The SMILES string of the molecule is CC(=O)c1ccc(OC(=O)C2=NN(c3ccc(F)cc3)C(C(N)=O)C2)cc1. The van der Waals surface area contributed by atoms with Gasteiger partial charge in [-0.3, -0.25) is 14.6 Å². The average Bonchev–Trinajstić information content (AvgIpc) is 3.08. The molecule has 8 heteroatoms. The Kier molecular flexibility index (Phi) is 4.98. The van der Waals surface area contributed by atoms with Crippen molar-refractivity contribution in [2.75, 3.05) is 5.01 Å². The maximum atomic E-state index is 13.1. The van der Waals surface area contributed by atoms with Gasteiger partial charge in [-0.05, 0) is 55.5 Å². The van der Waals surface area contributed by atoms with E-state index in [-0.39, 0.29) is 23.7 Å². The standard InChI is InChI=1S/C19H16FN3O4/c1-11(24)12-2-8-15(9-3-12)27-19(26)16-10-17(18(21)25)23(22-16)14-6-4-13(20)5-7-14/h2-9,17H,10H2,1H3,(H2,21,25). The van der Waals surface area contributed by atoms with Crippen LogP contribution in [0.25, 0.3) is 0 Å². The molecule has 0 fully saturated rings. The van der Waals surface area contributed by atoms with Crippen LogP contribution >= 0.6 is 0 Å². The van der Waals surface area contributed by atoms with E-state index in [1.165, 1.54) is 48.3 Å². The number of carbonyl (C=O) groups is 3. The molecule has 1 atom stereocenters. The minimum Gasteiger partial charge on any atom is -0.422 e. The van der Waals surface area contributed by atoms with E-state index >= 15 is 0 Å². The van der Waals surface area contributed by atoms with Gasteiger partial charge in [0.25, 0.3) is 0 Å².